The van der Waals surface area contributed by atoms with E-state index in [-0.39, 0.29) is 6.61 Å². The first-order chi connectivity index (χ1) is 4.93. The van der Waals surface area contributed by atoms with E-state index in [1.54, 1.807) is 0 Å². The van der Waals surface area contributed by atoms with Crippen LogP contribution in [-0.2, 0) is 9.68 Å². The monoisotopic (exact) mass is 149 g/mol. The van der Waals surface area contributed by atoms with Gasteiger partial charge in [0.1, 0.15) is 6.61 Å². The summed E-state index contributed by atoms with van der Waals surface area (Å²) in [6.45, 7) is 4.13. The van der Waals surface area contributed by atoms with Crippen LogP contribution in [0.1, 0.15) is 0 Å². The van der Waals surface area contributed by atoms with Crippen molar-refractivity contribution in [3.8, 4) is 0 Å². The number of nitrogens with zero attached hydrogens (tertiary/aromatic N) is 1. The molecule has 1 aliphatic rings. The second kappa shape index (κ2) is 4.60. The molecule has 0 spiro atoms. The first-order valence-electron chi connectivity index (χ1n) is 3.47. The van der Waals surface area contributed by atoms with Crippen molar-refractivity contribution in [3.63, 3.8) is 0 Å². The highest BCUT2D eigenvalue weighted by Crippen LogP contribution is 1.95. The first-order valence-corrected chi connectivity index (χ1v) is 3.47. The largest absolute Gasteiger partial charge is 0.379 e. The molecule has 3 nitrogen and oxygen atoms in total. The van der Waals surface area contributed by atoms with Crippen LogP contribution in [0, 0.1) is 0 Å². The number of hydrogen-bond donors (Lipinski definition) is 0. The van der Waals surface area contributed by atoms with Gasteiger partial charge in [0, 0.05) is 19.6 Å². The highest BCUT2D eigenvalue weighted by atomic mass is 19.3. The zero-order chi connectivity index (χ0) is 7.23. The van der Waals surface area contributed by atoms with Gasteiger partial charge >= 0.3 is 0 Å². The van der Waals surface area contributed by atoms with Crippen LogP contribution in [0.5, 0.6) is 0 Å². The summed E-state index contributed by atoms with van der Waals surface area (Å²) in [5, 5.41) is 0. The molecule has 0 bridgehead atoms. The van der Waals surface area contributed by atoms with Gasteiger partial charge in [-0.05, 0) is 4.53 Å². The van der Waals surface area contributed by atoms with Crippen molar-refractivity contribution in [2.45, 2.75) is 0 Å². The van der Waals surface area contributed by atoms with Crippen LogP contribution in [0.4, 0.5) is 4.53 Å². The van der Waals surface area contributed by atoms with E-state index in [0.29, 0.717) is 6.54 Å². The zero-order valence-electron chi connectivity index (χ0n) is 5.88. The third kappa shape index (κ3) is 2.60. The van der Waals surface area contributed by atoms with E-state index in [0.717, 1.165) is 26.3 Å². The summed E-state index contributed by atoms with van der Waals surface area (Å²) in [6.07, 6.45) is 0. The Hall–Kier alpha value is -0.190. The molecule has 0 unspecified atom stereocenters. The molecule has 0 aromatic rings. The SMILES string of the molecule is FOCCN1CCOCC1. The Morgan fingerprint density at radius 2 is 2.10 bits per heavy atom. The molecule has 0 N–H and O–H groups in total. The Kier molecular flexibility index (Phi) is 3.64. The van der Waals surface area contributed by atoms with Gasteiger partial charge in [-0.2, -0.15) is 4.94 Å². The standard InChI is InChI=1S/C6H12FNO2/c7-10-6-3-8-1-4-9-5-2-8/h1-6H2. The average Bonchev–Trinajstić information content (AvgIpc) is 2.03. The smallest absolute Gasteiger partial charge is 0.100 e. The fraction of sp³-hybridized carbons (Fsp3) is 1.00. The van der Waals surface area contributed by atoms with Gasteiger partial charge in [-0.3, -0.25) is 4.90 Å². The summed E-state index contributed by atoms with van der Waals surface area (Å²) in [5.74, 6) is 0. The van der Waals surface area contributed by atoms with E-state index in [1.165, 1.54) is 0 Å². The van der Waals surface area contributed by atoms with Crippen molar-refractivity contribution < 1.29 is 14.2 Å². The third-order valence-corrected chi connectivity index (χ3v) is 1.59. The lowest BCUT2D eigenvalue weighted by atomic mass is 10.4. The van der Waals surface area contributed by atoms with Crippen molar-refractivity contribution in [3.05, 3.63) is 0 Å². The Morgan fingerprint density at radius 1 is 1.40 bits per heavy atom. The highest BCUT2D eigenvalue weighted by Gasteiger charge is 2.08. The van der Waals surface area contributed by atoms with Crippen molar-refractivity contribution in [2.75, 3.05) is 39.5 Å². The fourth-order valence-corrected chi connectivity index (χ4v) is 0.988. The topological polar surface area (TPSA) is 21.7 Å². The molecule has 4 heteroatoms. The second-order valence-electron chi connectivity index (χ2n) is 2.27. The molecule has 1 heterocycles. The molecular weight excluding hydrogens is 137 g/mol. The summed E-state index contributed by atoms with van der Waals surface area (Å²) >= 11 is 0. The molecule has 0 saturated carbocycles. The van der Waals surface area contributed by atoms with Gasteiger partial charge in [0.05, 0.1) is 13.2 Å². The molecule has 1 rings (SSSR count). The Bertz CT molecular complexity index is 85.8. The molecule has 60 valence electrons. The number of morpholine rings is 1. The average molecular weight is 149 g/mol. The molecule has 0 atom stereocenters. The lowest BCUT2D eigenvalue weighted by Gasteiger charge is -2.25. The molecule has 1 aliphatic heterocycles. The lowest BCUT2D eigenvalue weighted by Crippen LogP contribution is -2.38. The summed E-state index contributed by atoms with van der Waals surface area (Å²) in [7, 11) is 0. The van der Waals surface area contributed by atoms with Gasteiger partial charge < -0.3 is 4.74 Å². The summed E-state index contributed by atoms with van der Waals surface area (Å²) in [5.41, 5.74) is 0. The summed E-state index contributed by atoms with van der Waals surface area (Å²) in [6, 6.07) is 0. The predicted octanol–water partition coefficient (Wildman–Crippen LogP) is 0.220. The molecule has 0 aromatic carbocycles. The van der Waals surface area contributed by atoms with Crippen molar-refractivity contribution in [1.29, 1.82) is 0 Å². The lowest BCUT2D eigenvalue weighted by molar-refractivity contribution is -0.138. The number of ether oxygens (including phenoxy) is 1. The predicted molar refractivity (Wildman–Crippen MR) is 34.3 cm³/mol. The van der Waals surface area contributed by atoms with Crippen LogP contribution >= 0.6 is 0 Å². The Morgan fingerprint density at radius 3 is 2.70 bits per heavy atom. The normalized spacial score (nSPS) is 21.3. The van der Waals surface area contributed by atoms with E-state index in [4.69, 9.17) is 4.74 Å². The van der Waals surface area contributed by atoms with Crippen molar-refractivity contribution in [1.82, 2.24) is 4.90 Å². The van der Waals surface area contributed by atoms with Gasteiger partial charge in [0.2, 0.25) is 0 Å². The van der Waals surface area contributed by atoms with Crippen molar-refractivity contribution in [2.24, 2.45) is 0 Å². The molecule has 10 heavy (non-hydrogen) atoms. The van der Waals surface area contributed by atoms with E-state index in [9.17, 15) is 4.53 Å². The Balaban J connectivity index is 2.02. The molecule has 1 fully saturated rings. The first kappa shape index (κ1) is 7.91. The molecule has 0 radical (unpaired) electrons. The molecule has 0 aromatic heterocycles. The Labute approximate surface area is 59.6 Å². The van der Waals surface area contributed by atoms with Crippen LogP contribution in [0.3, 0.4) is 0 Å². The number of hydrogen-bond acceptors (Lipinski definition) is 3. The molecule has 0 aliphatic carbocycles. The third-order valence-electron chi connectivity index (χ3n) is 1.59. The fourth-order valence-electron chi connectivity index (χ4n) is 0.988. The minimum atomic E-state index is 0.167. The van der Waals surface area contributed by atoms with E-state index >= 15 is 0 Å². The van der Waals surface area contributed by atoms with Crippen LogP contribution in [0.25, 0.3) is 0 Å². The van der Waals surface area contributed by atoms with Crippen LogP contribution < -0.4 is 0 Å². The van der Waals surface area contributed by atoms with Crippen LogP contribution in [-0.4, -0.2) is 44.4 Å². The maximum atomic E-state index is 11.2. The van der Waals surface area contributed by atoms with Gasteiger partial charge in [-0.25, -0.2) is 0 Å². The molecule has 1 saturated heterocycles. The van der Waals surface area contributed by atoms with Crippen molar-refractivity contribution >= 4 is 0 Å². The van der Waals surface area contributed by atoms with Gasteiger partial charge in [0.15, 0.2) is 0 Å². The van der Waals surface area contributed by atoms with Crippen LogP contribution in [0.15, 0.2) is 0 Å². The zero-order valence-corrected chi connectivity index (χ0v) is 5.88. The minimum absolute atomic E-state index is 0.167. The van der Waals surface area contributed by atoms with E-state index in [1.807, 2.05) is 0 Å². The van der Waals surface area contributed by atoms with E-state index in [2.05, 4.69) is 9.84 Å². The minimum Gasteiger partial charge on any atom is -0.379 e. The quantitative estimate of drug-likeness (QED) is 0.573. The van der Waals surface area contributed by atoms with Crippen LogP contribution in [0.2, 0.25) is 0 Å². The molecular formula is C6H12FNO2. The maximum absolute atomic E-state index is 11.2. The highest BCUT2D eigenvalue weighted by molar-refractivity contribution is 4.60. The number of halogens is 1. The summed E-state index contributed by atoms with van der Waals surface area (Å²) < 4.78 is 16.3. The number of rotatable bonds is 3. The van der Waals surface area contributed by atoms with E-state index < -0.39 is 0 Å². The second-order valence-corrected chi connectivity index (χ2v) is 2.27. The molecule has 0 amide bonds. The van der Waals surface area contributed by atoms with Gasteiger partial charge in [0.25, 0.3) is 0 Å². The summed E-state index contributed by atoms with van der Waals surface area (Å²) in [4.78, 5) is 5.58. The van der Waals surface area contributed by atoms with Gasteiger partial charge in [-0.15, -0.1) is 0 Å². The maximum Gasteiger partial charge on any atom is 0.100 e. The van der Waals surface area contributed by atoms with Gasteiger partial charge in [-0.1, -0.05) is 0 Å².